The number of aryl methyl sites for hydroxylation is 1. The number of amides is 2. The molecule has 1 aromatic heterocycles. The van der Waals surface area contributed by atoms with Gasteiger partial charge in [0.2, 0.25) is 5.91 Å². The average molecular weight is 380 g/mol. The van der Waals surface area contributed by atoms with Gasteiger partial charge in [-0.2, -0.15) is 5.10 Å². The van der Waals surface area contributed by atoms with E-state index in [4.69, 9.17) is 0 Å². The summed E-state index contributed by atoms with van der Waals surface area (Å²) in [6.07, 6.45) is 10.5. The van der Waals surface area contributed by atoms with Crippen molar-refractivity contribution >= 4 is 17.5 Å². The van der Waals surface area contributed by atoms with E-state index in [0.717, 1.165) is 30.5 Å². The molecule has 0 saturated heterocycles. The third-order valence-electron chi connectivity index (χ3n) is 6.12. The second-order valence-electron chi connectivity index (χ2n) is 8.17. The summed E-state index contributed by atoms with van der Waals surface area (Å²) < 4.78 is 1.77. The molecule has 2 amide bonds. The third-order valence-corrected chi connectivity index (χ3v) is 6.12. The summed E-state index contributed by atoms with van der Waals surface area (Å²) in [7, 11) is 3.79. The highest BCUT2D eigenvalue weighted by atomic mass is 16.2. The zero-order valence-corrected chi connectivity index (χ0v) is 16.6. The Morgan fingerprint density at radius 2 is 1.86 bits per heavy atom. The van der Waals surface area contributed by atoms with Crippen LogP contribution in [0.4, 0.5) is 5.69 Å². The van der Waals surface area contributed by atoms with Crippen LogP contribution in [-0.2, 0) is 11.8 Å². The molecule has 4 rings (SSSR count). The fourth-order valence-corrected chi connectivity index (χ4v) is 4.25. The molecule has 0 aliphatic heterocycles. The molecule has 6 nitrogen and oxygen atoms in total. The first-order chi connectivity index (χ1) is 13.5. The van der Waals surface area contributed by atoms with Crippen molar-refractivity contribution in [1.82, 2.24) is 14.7 Å². The molecule has 0 spiro atoms. The molecule has 2 aliphatic rings. The molecular formula is C22H28N4O2. The summed E-state index contributed by atoms with van der Waals surface area (Å²) in [4.78, 5) is 27.1. The van der Waals surface area contributed by atoms with Crippen LogP contribution in [0.3, 0.4) is 0 Å². The van der Waals surface area contributed by atoms with Crippen molar-refractivity contribution in [3.8, 4) is 0 Å². The van der Waals surface area contributed by atoms with Crippen LogP contribution in [0.1, 0.15) is 60.4 Å². The van der Waals surface area contributed by atoms with Crippen molar-refractivity contribution in [1.29, 1.82) is 0 Å². The van der Waals surface area contributed by atoms with E-state index >= 15 is 0 Å². The predicted octanol–water partition coefficient (Wildman–Crippen LogP) is 3.57. The SMILES string of the molecule is CN(C(=O)c1ccc(NC(=O)C2CC2c2cnn(C)c2)cc1)C1CCCCC1. The fraction of sp³-hybridized carbons (Fsp3) is 0.500. The van der Waals surface area contributed by atoms with Gasteiger partial charge in [0.25, 0.3) is 5.91 Å². The molecule has 0 radical (unpaired) electrons. The molecule has 6 heteroatoms. The molecule has 2 aliphatic carbocycles. The maximum absolute atomic E-state index is 12.7. The minimum absolute atomic E-state index is 0.00273. The van der Waals surface area contributed by atoms with Gasteiger partial charge in [0.05, 0.1) is 6.20 Å². The van der Waals surface area contributed by atoms with Crippen LogP contribution >= 0.6 is 0 Å². The molecule has 1 heterocycles. The first-order valence-electron chi connectivity index (χ1n) is 10.2. The number of hydrogen-bond donors (Lipinski definition) is 1. The van der Waals surface area contributed by atoms with Gasteiger partial charge >= 0.3 is 0 Å². The van der Waals surface area contributed by atoms with Gasteiger partial charge in [-0.25, -0.2) is 0 Å². The lowest BCUT2D eigenvalue weighted by Gasteiger charge is -2.31. The van der Waals surface area contributed by atoms with Gasteiger partial charge in [0.15, 0.2) is 0 Å². The lowest BCUT2D eigenvalue weighted by molar-refractivity contribution is -0.117. The fourth-order valence-electron chi connectivity index (χ4n) is 4.25. The van der Waals surface area contributed by atoms with Gasteiger partial charge in [-0.05, 0) is 55.0 Å². The normalized spacial score (nSPS) is 21.9. The second kappa shape index (κ2) is 7.78. The van der Waals surface area contributed by atoms with Crippen LogP contribution in [-0.4, -0.2) is 39.6 Å². The summed E-state index contributed by atoms with van der Waals surface area (Å²) in [5, 5.41) is 7.16. The largest absolute Gasteiger partial charge is 0.339 e. The smallest absolute Gasteiger partial charge is 0.253 e. The van der Waals surface area contributed by atoms with Crippen molar-refractivity contribution in [3.05, 3.63) is 47.8 Å². The van der Waals surface area contributed by atoms with Gasteiger partial charge in [-0.3, -0.25) is 14.3 Å². The predicted molar refractivity (Wildman–Crippen MR) is 108 cm³/mol. The zero-order valence-electron chi connectivity index (χ0n) is 16.6. The highest BCUT2D eigenvalue weighted by molar-refractivity contribution is 5.97. The van der Waals surface area contributed by atoms with Crippen LogP contribution in [0.15, 0.2) is 36.7 Å². The maximum Gasteiger partial charge on any atom is 0.253 e. The molecule has 2 atom stereocenters. The van der Waals surface area contributed by atoms with E-state index in [9.17, 15) is 9.59 Å². The van der Waals surface area contributed by atoms with Crippen molar-refractivity contribution in [2.75, 3.05) is 12.4 Å². The van der Waals surface area contributed by atoms with Crippen LogP contribution in [0, 0.1) is 5.92 Å². The van der Waals surface area contributed by atoms with E-state index < -0.39 is 0 Å². The van der Waals surface area contributed by atoms with Gasteiger partial charge in [-0.1, -0.05) is 19.3 Å². The van der Waals surface area contributed by atoms with Crippen LogP contribution < -0.4 is 5.32 Å². The topological polar surface area (TPSA) is 67.2 Å². The summed E-state index contributed by atoms with van der Waals surface area (Å²) in [6.45, 7) is 0. The monoisotopic (exact) mass is 380 g/mol. The second-order valence-corrected chi connectivity index (χ2v) is 8.17. The number of benzene rings is 1. The lowest BCUT2D eigenvalue weighted by atomic mass is 9.94. The Kier molecular flexibility index (Phi) is 5.20. The standard InChI is InChI=1S/C22H28N4O2/c1-25-14-16(13-23-25)19-12-20(19)21(27)24-17-10-8-15(9-11-17)22(28)26(2)18-6-4-3-5-7-18/h8-11,13-14,18-20H,3-7,12H2,1-2H3,(H,24,27). The molecule has 1 aromatic carbocycles. The van der Waals surface area contributed by atoms with Crippen LogP contribution in [0.2, 0.25) is 0 Å². The average Bonchev–Trinajstić information content (AvgIpc) is 3.42. The first-order valence-corrected chi connectivity index (χ1v) is 10.2. The van der Waals surface area contributed by atoms with Gasteiger partial charge in [0.1, 0.15) is 0 Å². The maximum atomic E-state index is 12.7. The van der Waals surface area contributed by atoms with E-state index in [2.05, 4.69) is 10.4 Å². The van der Waals surface area contributed by atoms with E-state index in [1.54, 1.807) is 4.68 Å². The Hall–Kier alpha value is -2.63. The number of hydrogen-bond acceptors (Lipinski definition) is 3. The number of rotatable bonds is 5. The summed E-state index contributed by atoms with van der Waals surface area (Å²) >= 11 is 0. The molecule has 2 aromatic rings. The van der Waals surface area contributed by atoms with E-state index in [1.165, 1.54) is 19.3 Å². The Labute approximate surface area is 165 Å². The number of nitrogens with one attached hydrogen (secondary N) is 1. The van der Waals surface area contributed by atoms with Crippen molar-refractivity contribution in [2.24, 2.45) is 13.0 Å². The summed E-state index contributed by atoms with van der Waals surface area (Å²) in [6, 6.07) is 7.61. The Bertz CT molecular complexity index is 852. The molecule has 28 heavy (non-hydrogen) atoms. The number of carbonyl (C=O) groups excluding carboxylic acids is 2. The van der Waals surface area contributed by atoms with Crippen molar-refractivity contribution in [2.45, 2.75) is 50.5 Å². The van der Waals surface area contributed by atoms with Gasteiger partial charge in [-0.15, -0.1) is 0 Å². The van der Waals surface area contributed by atoms with Crippen molar-refractivity contribution < 1.29 is 9.59 Å². The zero-order chi connectivity index (χ0) is 19.7. The molecular weight excluding hydrogens is 352 g/mol. The van der Waals surface area contributed by atoms with Crippen LogP contribution in [0.5, 0.6) is 0 Å². The molecule has 0 bridgehead atoms. The quantitative estimate of drug-likeness (QED) is 0.862. The Morgan fingerprint density at radius 1 is 1.14 bits per heavy atom. The number of carbonyl (C=O) groups is 2. The molecule has 2 fully saturated rings. The molecule has 148 valence electrons. The number of anilines is 1. The van der Waals surface area contributed by atoms with E-state index in [1.807, 2.05) is 55.7 Å². The number of aromatic nitrogens is 2. The summed E-state index contributed by atoms with van der Waals surface area (Å²) in [5.74, 6) is 0.359. The highest BCUT2D eigenvalue weighted by Crippen LogP contribution is 2.47. The minimum atomic E-state index is 0.00273. The van der Waals surface area contributed by atoms with Crippen molar-refractivity contribution in [3.63, 3.8) is 0 Å². The Morgan fingerprint density at radius 3 is 2.50 bits per heavy atom. The molecule has 2 saturated carbocycles. The Balaban J connectivity index is 1.33. The number of nitrogens with zero attached hydrogens (tertiary/aromatic N) is 3. The first kappa shape index (κ1) is 18.7. The van der Waals surface area contributed by atoms with Gasteiger partial charge < -0.3 is 10.2 Å². The van der Waals surface area contributed by atoms with Crippen LogP contribution in [0.25, 0.3) is 0 Å². The highest BCUT2D eigenvalue weighted by Gasteiger charge is 2.44. The van der Waals surface area contributed by atoms with E-state index in [0.29, 0.717) is 11.6 Å². The lowest BCUT2D eigenvalue weighted by Crippen LogP contribution is -2.38. The summed E-state index contributed by atoms with van der Waals surface area (Å²) in [5.41, 5.74) is 2.53. The third kappa shape index (κ3) is 3.96. The molecule has 2 unspecified atom stereocenters. The van der Waals surface area contributed by atoms with E-state index in [-0.39, 0.29) is 23.7 Å². The molecule has 1 N–H and O–H groups in total. The minimum Gasteiger partial charge on any atom is -0.339 e. The van der Waals surface area contributed by atoms with Gasteiger partial charge in [0, 0.05) is 43.5 Å².